The normalized spacial score (nSPS) is 13.6. The highest BCUT2D eigenvalue weighted by Crippen LogP contribution is 2.37. The minimum Gasteiger partial charge on any atom is -0.487 e. The molecule has 0 bridgehead atoms. The number of hydrogen-bond donors (Lipinski definition) is 1. The number of rotatable bonds is 11. The molecule has 1 N–H and O–H groups in total. The minimum absolute atomic E-state index is 0.178. The second kappa shape index (κ2) is 11.5. The van der Waals surface area contributed by atoms with Gasteiger partial charge in [0, 0.05) is 24.3 Å². The first-order valence-electron chi connectivity index (χ1n) is 11.2. The van der Waals surface area contributed by atoms with Gasteiger partial charge in [0.1, 0.15) is 18.9 Å². The molecule has 3 rings (SSSR count). The van der Waals surface area contributed by atoms with Crippen molar-refractivity contribution in [2.75, 3.05) is 7.11 Å². The van der Waals surface area contributed by atoms with E-state index in [1.54, 1.807) is 68.4 Å². The van der Waals surface area contributed by atoms with Crippen LogP contribution in [0.4, 0.5) is 13.2 Å². The molecule has 0 fully saturated rings. The number of carboxylic acids is 1. The van der Waals surface area contributed by atoms with Gasteiger partial charge >= 0.3 is 18.1 Å². The summed E-state index contributed by atoms with van der Waals surface area (Å²) < 4.78 is 55.8. The molecule has 0 radical (unpaired) electrons. The fourth-order valence-corrected chi connectivity index (χ4v) is 3.89. The number of benzene rings is 2. The predicted octanol–water partition coefficient (Wildman–Crippen LogP) is 4.69. The number of methoxy groups -OCH3 is 1. The maximum Gasteiger partial charge on any atom is 0.408 e. The van der Waals surface area contributed by atoms with Crippen LogP contribution in [0.1, 0.15) is 36.8 Å². The number of ether oxygens (including phenoxy) is 3. The van der Waals surface area contributed by atoms with Crippen molar-refractivity contribution in [3.8, 4) is 5.75 Å². The molecular formula is C26H27F3N2O6. The summed E-state index contributed by atoms with van der Waals surface area (Å²) in [6.45, 7) is 1.62. The van der Waals surface area contributed by atoms with Crippen LogP contribution >= 0.6 is 0 Å². The molecule has 2 aromatic carbocycles. The second-order valence-corrected chi connectivity index (χ2v) is 8.78. The summed E-state index contributed by atoms with van der Waals surface area (Å²) in [6.07, 6.45) is -6.00. The highest BCUT2D eigenvalue weighted by Gasteiger charge is 2.43. The van der Waals surface area contributed by atoms with Crippen molar-refractivity contribution in [3.63, 3.8) is 0 Å². The van der Waals surface area contributed by atoms with Gasteiger partial charge in [0.15, 0.2) is 6.10 Å². The van der Waals surface area contributed by atoms with E-state index in [0.717, 1.165) is 4.68 Å². The van der Waals surface area contributed by atoms with E-state index in [1.807, 2.05) is 0 Å². The summed E-state index contributed by atoms with van der Waals surface area (Å²) >= 11 is 0. The summed E-state index contributed by atoms with van der Waals surface area (Å²) in [6, 6.07) is 16.4. The van der Waals surface area contributed by atoms with Crippen molar-refractivity contribution in [2.45, 2.75) is 50.8 Å². The number of nitrogens with zero attached hydrogens (tertiary/aromatic N) is 2. The quantitative estimate of drug-likeness (QED) is 0.366. The monoisotopic (exact) mass is 520 g/mol. The minimum atomic E-state index is -4.46. The van der Waals surface area contributed by atoms with E-state index in [2.05, 4.69) is 5.10 Å². The summed E-state index contributed by atoms with van der Waals surface area (Å²) in [5, 5.41) is 13.7. The van der Waals surface area contributed by atoms with Crippen molar-refractivity contribution in [2.24, 2.45) is 0 Å². The number of esters is 1. The van der Waals surface area contributed by atoms with Crippen molar-refractivity contribution in [1.29, 1.82) is 0 Å². The lowest BCUT2D eigenvalue weighted by molar-refractivity contribution is -0.176. The smallest absolute Gasteiger partial charge is 0.408 e. The summed E-state index contributed by atoms with van der Waals surface area (Å²) in [4.78, 5) is 25.2. The molecule has 2 atom stereocenters. The number of carbonyl (C=O) groups excluding carboxylic acids is 1. The summed E-state index contributed by atoms with van der Waals surface area (Å²) in [5.41, 5.74) is -0.252. The Bertz CT molecular complexity index is 1210. The van der Waals surface area contributed by atoms with Crippen LogP contribution in [0.5, 0.6) is 5.75 Å². The Morgan fingerprint density at radius 1 is 1.03 bits per heavy atom. The largest absolute Gasteiger partial charge is 0.487 e. The van der Waals surface area contributed by atoms with Gasteiger partial charge in [-0.2, -0.15) is 18.3 Å². The molecule has 8 nitrogen and oxygen atoms in total. The van der Waals surface area contributed by atoms with E-state index in [-0.39, 0.29) is 18.1 Å². The summed E-state index contributed by atoms with van der Waals surface area (Å²) in [5.74, 6) is -2.05. The maximum atomic E-state index is 12.9. The molecule has 0 aliphatic rings. The van der Waals surface area contributed by atoms with Gasteiger partial charge in [0.25, 0.3) is 0 Å². The number of halogens is 3. The third kappa shape index (κ3) is 6.88. The van der Waals surface area contributed by atoms with Crippen molar-refractivity contribution < 1.29 is 42.1 Å². The van der Waals surface area contributed by atoms with Gasteiger partial charge in [-0.15, -0.1) is 0 Å². The molecule has 2 unspecified atom stereocenters. The number of alkyl halides is 3. The lowest BCUT2D eigenvalue weighted by Gasteiger charge is -2.33. The Hall–Kier alpha value is -3.86. The van der Waals surface area contributed by atoms with Gasteiger partial charge in [-0.1, -0.05) is 62.4 Å². The van der Waals surface area contributed by atoms with Crippen LogP contribution in [0, 0.1) is 0 Å². The molecule has 11 heteroatoms. The van der Waals surface area contributed by atoms with Gasteiger partial charge in [-0.3, -0.25) is 4.68 Å². The molecule has 198 valence electrons. The SMILES string of the molecule is COC(C(=O)OC(C(=O)O)C(C)(C)c1ccccc1OCc1ccnn1CC(F)(F)F)c1ccccc1. The van der Waals surface area contributed by atoms with Gasteiger partial charge < -0.3 is 19.3 Å². The van der Waals surface area contributed by atoms with E-state index >= 15 is 0 Å². The zero-order valence-corrected chi connectivity index (χ0v) is 20.4. The average Bonchev–Trinajstić information content (AvgIpc) is 3.27. The van der Waals surface area contributed by atoms with Crippen LogP contribution in [-0.2, 0) is 37.6 Å². The molecule has 0 amide bonds. The lowest BCUT2D eigenvalue weighted by Crippen LogP contribution is -2.44. The third-order valence-corrected chi connectivity index (χ3v) is 5.76. The predicted molar refractivity (Wildman–Crippen MR) is 126 cm³/mol. The topological polar surface area (TPSA) is 99.9 Å². The van der Waals surface area contributed by atoms with Gasteiger partial charge in [0.05, 0.1) is 5.69 Å². The molecule has 0 saturated heterocycles. The van der Waals surface area contributed by atoms with Crippen molar-refractivity contribution in [1.82, 2.24) is 9.78 Å². The number of hydrogen-bond acceptors (Lipinski definition) is 6. The first kappa shape index (κ1) is 27.7. The van der Waals surface area contributed by atoms with Gasteiger partial charge in [-0.25, -0.2) is 9.59 Å². The Labute approximate surface area is 211 Å². The van der Waals surface area contributed by atoms with Crippen LogP contribution in [0.2, 0.25) is 0 Å². The Morgan fingerprint density at radius 3 is 2.30 bits per heavy atom. The van der Waals surface area contributed by atoms with Crippen molar-refractivity contribution in [3.05, 3.63) is 83.7 Å². The van der Waals surface area contributed by atoms with Gasteiger partial charge in [-0.05, 0) is 17.7 Å². The first-order valence-corrected chi connectivity index (χ1v) is 11.2. The first-order chi connectivity index (χ1) is 17.4. The van der Waals surface area contributed by atoms with E-state index in [0.29, 0.717) is 11.1 Å². The van der Waals surface area contributed by atoms with E-state index in [9.17, 15) is 27.9 Å². The Morgan fingerprint density at radius 2 is 1.68 bits per heavy atom. The highest BCUT2D eigenvalue weighted by molar-refractivity contribution is 5.82. The number of carboxylic acid groups (broad SMARTS) is 1. The van der Waals surface area contributed by atoms with E-state index < -0.39 is 42.3 Å². The molecule has 1 aromatic heterocycles. The standard InChI is InChI=1S/C26H27F3N2O6/c1-25(2,22(23(32)33)37-24(34)21(35-3)17-9-5-4-6-10-17)19-11-7-8-12-20(19)36-15-18-13-14-30-31(18)16-26(27,28)29/h4-14,21-22H,15-16H2,1-3H3,(H,32,33). The van der Waals surface area contributed by atoms with Gasteiger partial charge in [0.2, 0.25) is 6.10 Å². The zero-order valence-electron chi connectivity index (χ0n) is 20.4. The third-order valence-electron chi connectivity index (χ3n) is 5.76. The molecule has 0 aliphatic heterocycles. The average molecular weight is 521 g/mol. The van der Waals surface area contributed by atoms with Crippen LogP contribution < -0.4 is 4.74 Å². The van der Waals surface area contributed by atoms with Crippen LogP contribution in [-0.4, -0.2) is 46.2 Å². The Kier molecular flexibility index (Phi) is 8.59. The molecule has 0 aliphatic carbocycles. The van der Waals surface area contributed by atoms with E-state index in [1.165, 1.54) is 19.4 Å². The Balaban J connectivity index is 1.84. The molecular weight excluding hydrogens is 493 g/mol. The van der Waals surface area contributed by atoms with Crippen molar-refractivity contribution >= 4 is 11.9 Å². The molecule has 37 heavy (non-hydrogen) atoms. The molecule has 0 spiro atoms. The summed E-state index contributed by atoms with van der Waals surface area (Å²) in [7, 11) is 1.31. The number of aliphatic carboxylic acids is 1. The second-order valence-electron chi connectivity index (χ2n) is 8.78. The lowest BCUT2D eigenvalue weighted by atomic mass is 9.78. The van der Waals surface area contributed by atoms with Crippen LogP contribution in [0.25, 0.3) is 0 Å². The number of carbonyl (C=O) groups is 2. The molecule has 1 heterocycles. The van der Waals surface area contributed by atoms with Crippen LogP contribution in [0.15, 0.2) is 66.9 Å². The number of aromatic nitrogens is 2. The fourth-order valence-electron chi connectivity index (χ4n) is 3.89. The highest BCUT2D eigenvalue weighted by atomic mass is 19.4. The maximum absolute atomic E-state index is 12.9. The zero-order chi connectivity index (χ0) is 27.2. The van der Waals surface area contributed by atoms with Crippen LogP contribution in [0.3, 0.4) is 0 Å². The molecule has 0 saturated carbocycles. The molecule has 3 aromatic rings. The fraction of sp³-hybridized carbons (Fsp3) is 0.346. The number of para-hydroxylation sites is 1. The van der Waals surface area contributed by atoms with E-state index in [4.69, 9.17) is 14.2 Å².